The van der Waals surface area contributed by atoms with Gasteiger partial charge in [0.1, 0.15) is 5.75 Å². The van der Waals surface area contributed by atoms with Gasteiger partial charge in [0.15, 0.2) is 17.3 Å². The maximum absolute atomic E-state index is 12.2. The molecular weight excluding hydrogens is 458 g/mol. The molecule has 1 aliphatic heterocycles. The van der Waals surface area contributed by atoms with Crippen LogP contribution in [0, 0.1) is 6.92 Å². The Morgan fingerprint density at radius 1 is 1.12 bits per heavy atom. The molecule has 2 aromatic carbocycles. The zero-order valence-electron chi connectivity index (χ0n) is 18.5. The third-order valence-electron chi connectivity index (χ3n) is 5.34. The number of nitrogens with zero attached hydrogens (tertiary/aromatic N) is 3. The van der Waals surface area contributed by atoms with E-state index in [-0.39, 0.29) is 6.79 Å². The largest absolute Gasteiger partial charge is 0.497 e. The van der Waals surface area contributed by atoms with Gasteiger partial charge in [-0.2, -0.15) is 4.98 Å². The van der Waals surface area contributed by atoms with E-state index in [1.165, 1.54) is 11.3 Å². The minimum Gasteiger partial charge on any atom is -0.497 e. The molecule has 0 saturated heterocycles. The molecule has 34 heavy (non-hydrogen) atoms. The third-order valence-corrected chi connectivity index (χ3v) is 6.53. The lowest BCUT2D eigenvalue weighted by molar-refractivity contribution is -0.136. The van der Waals surface area contributed by atoms with Gasteiger partial charge in [-0.1, -0.05) is 11.3 Å². The van der Waals surface area contributed by atoms with Crippen LogP contribution in [0.4, 0.5) is 5.69 Å². The molecule has 11 heteroatoms. The summed E-state index contributed by atoms with van der Waals surface area (Å²) in [6, 6.07) is 12.5. The molecule has 0 fully saturated rings. The van der Waals surface area contributed by atoms with Crippen molar-refractivity contribution in [2.45, 2.75) is 13.3 Å². The first kappa shape index (κ1) is 21.7. The number of nitrogens with one attached hydrogen (secondary N) is 2. The van der Waals surface area contributed by atoms with Crippen LogP contribution in [0.3, 0.4) is 0 Å². The van der Waals surface area contributed by atoms with E-state index in [1.54, 1.807) is 29.8 Å². The summed E-state index contributed by atoms with van der Waals surface area (Å²) in [5, 5.41) is 9.82. The van der Waals surface area contributed by atoms with Crippen LogP contribution in [0.25, 0.3) is 16.3 Å². The van der Waals surface area contributed by atoms with E-state index in [1.807, 2.05) is 31.2 Å². The summed E-state index contributed by atoms with van der Waals surface area (Å²) in [6.45, 7) is 2.40. The number of amides is 2. The summed E-state index contributed by atoms with van der Waals surface area (Å²) < 4.78 is 17.5. The number of ether oxygens (including phenoxy) is 3. The lowest BCUT2D eigenvalue weighted by Gasteiger charge is -2.07. The molecule has 10 nitrogen and oxygen atoms in total. The Bertz CT molecular complexity index is 1380. The van der Waals surface area contributed by atoms with Crippen molar-refractivity contribution < 1.29 is 23.8 Å². The van der Waals surface area contributed by atoms with Crippen molar-refractivity contribution in [2.75, 3.05) is 25.8 Å². The minimum atomic E-state index is -0.748. The average Bonchev–Trinajstić information content (AvgIpc) is 3.55. The van der Waals surface area contributed by atoms with E-state index in [9.17, 15) is 9.59 Å². The van der Waals surface area contributed by atoms with Crippen LogP contribution in [-0.2, 0) is 16.0 Å². The predicted molar refractivity (Wildman–Crippen MR) is 125 cm³/mol. The standard InChI is InChI=1S/C23H21N5O5S/c1-13-19(34-23-26-20(27-28(13)23)14-3-6-16(31-2)7-4-14)9-10-24-21(29)22(30)25-15-5-8-17-18(11-15)33-12-32-17/h3-8,11H,9-10,12H2,1-2H3,(H,24,29)(H,25,30). The quantitative estimate of drug-likeness (QED) is 0.409. The SMILES string of the molecule is COc1ccc(-c2nc3sc(CCNC(=O)C(=O)Nc4ccc5c(c4)OCO5)c(C)n3n2)cc1. The highest BCUT2D eigenvalue weighted by atomic mass is 32.1. The normalized spacial score (nSPS) is 12.1. The molecule has 5 rings (SSSR count). The maximum Gasteiger partial charge on any atom is 0.313 e. The van der Waals surface area contributed by atoms with E-state index < -0.39 is 11.8 Å². The Hall–Kier alpha value is -4.12. The van der Waals surface area contributed by atoms with Crippen LogP contribution in [-0.4, -0.2) is 46.9 Å². The molecule has 0 unspecified atom stereocenters. The summed E-state index contributed by atoms with van der Waals surface area (Å²) in [6.07, 6.45) is 0.558. The van der Waals surface area contributed by atoms with Crippen molar-refractivity contribution >= 4 is 33.8 Å². The Morgan fingerprint density at radius 3 is 2.68 bits per heavy atom. The monoisotopic (exact) mass is 479 g/mol. The molecule has 3 heterocycles. The molecule has 0 spiro atoms. The van der Waals surface area contributed by atoms with Crippen LogP contribution in [0.15, 0.2) is 42.5 Å². The van der Waals surface area contributed by atoms with Gasteiger partial charge >= 0.3 is 11.8 Å². The van der Waals surface area contributed by atoms with Gasteiger partial charge < -0.3 is 24.8 Å². The van der Waals surface area contributed by atoms with Gasteiger partial charge in [0.05, 0.1) is 12.8 Å². The molecule has 4 aromatic rings. The topological polar surface area (TPSA) is 116 Å². The first-order valence-electron chi connectivity index (χ1n) is 10.5. The number of hydrogen-bond donors (Lipinski definition) is 2. The summed E-state index contributed by atoms with van der Waals surface area (Å²) in [4.78, 5) is 30.8. The smallest absolute Gasteiger partial charge is 0.313 e. The Balaban J connectivity index is 1.17. The maximum atomic E-state index is 12.2. The lowest BCUT2D eigenvalue weighted by atomic mass is 10.2. The number of aromatic nitrogens is 3. The van der Waals surface area contributed by atoms with E-state index in [4.69, 9.17) is 14.2 Å². The highest BCUT2D eigenvalue weighted by molar-refractivity contribution is 7.17. The second-order valence-corrected chi connectivity index (χ2v) is 8.56. The number of anilines is 1. The molecule has 2 aromatic heterocycles. The van der Waals surface area contributed by atoms with Gasteiger partial charge in [-0.05, 0) is 43.3 Å². The summed E-state index contributed by atoms with van der Waals surface area (Å²) >= 11 is 1.51. The molecule has 1 aliphatic rings. The Morgan fingerprint density at radius 2 is 1.91 bits per heavy atom. The van der Waals surface area contributed by atoms with Crippen molar-refractivity contribution in [3.63, 3.8) is 0 Å². The van der Waals surface area contributed by atoms with Crippen LogP contribution < -0.4 is 24.8 Å². The number of benzene rings is 2. The van der Waals surface area contributed by atoms with Gasteiger partial charge in [0.25, 0.3) is 0 Å². The summed E-state index contributed by atoms with van der Waals surface area (Å²) in [5.74, 6) is 1.08. The third kappa shape index (κ3) is 4.25. The number of methoxy groups -OCH3 is 1. The van der Waals surface area contributed by atoms with Gasteiger partial charge in [-0.15, -0.1) is 5.10 Å². The van der Waals surface area contributed by atoms with Gasteiger partial charge in [-0.25, -0.2) is 4.52 Å². The van der Waals surface area contributed by atoms with Gasteiger partial charge in [0, 0.05) is 35.2 Å². The second-order valence-electron chi connectivity index (χ2n) is 7.50. The van der Waals surface area contributed by atoms with Crippen LogP contribution >= 0.6 is 11.3 Å². The minimum absolute atomic E-state index is 0.137. The van der Waals surface area contributed by atoms with Crippen molar-refractivity contribution in [2.24, 2.45) is 0 Å². The van der Waals surface area contributed by atoms with Crippen LogP contribution in [0.1, 0.15) is 10.6 Å². The number of aryl methyl sites for hydroxylation is 1. The fourth-order valence-electron chi connectivity index (χ4n) is 3.51. The van der Waals surface area contributed by atoms with E-state index in [0.29, 0.717) is 36.0 Å². The Labute approximate surface area is 198 Å². The molecule has 0 bridgehead atoms. The molecule has 174 valence electrons. The van der Waals surface area contributed by atoms with Crippen LogP contribution in [0.5, 0.6) is 17.2 Å². The number of thiazole rings is 1. The number of rotatable bonds is 6. The number of carbonyl (C=O) groups is 2. The summed E-state index contributed by atoms with van der Waals surface area (Å²) in [7, 11) is 1.62. The molecule has 0 radical (unpaired) electrons. The van der Waals surface area contributed by atoms with E-state index in [2.05, 4.69) is 20.7 Å². The Kier molecular flexibility index (Phi) is 5.76. The van der Waals surface area contributed by atoms with Crippen molar-refractivity contribution in [1.29, 1.82) is 0 Å². The summed E-state index contributed by atoms with van der Waals surface area (Å²) in [5.41, 5.74) is 2.31. The lowest BCUT2D eigenvalue weighted by Crippen LogP contribution is -2.36. The first-order valence-corrected chi connectivity index (χ1v) is 11.3. The molecular formula is C23H21N5O5S. The van der Waals surface area contributed by atoms with Crippen molar-refractivity contribution in [1.82, 2.24) is 19.9 Å². The molecule has 2 amide bonds. The fourth-order valence-corrected chi connectivity index (χ4v) is 4.57. The second kappa shape index (κ2) is 9.02. The molecule has 2 N–H and O–H groups in total. The van der Waals surface area contributed by atoms with Crippen molar-refractivity contribution in [3.05, 3.63) is 53.0 Å². The van der Waals surface area contributed by atoms with Crippen molar-refractivity contribution in [3.8, 4) is 28.6 Å². The molecule has 0 aliphatic carbocycles. The molecule has 0 saturated carbocycles. The number of hydrogen-bond acceptors (Lipinski definition) is 8. The van der Waals surface area contributed by atoms with E-state index in [0.717, 1.165) is 26.8 Å². The molecule has 0 atom stereocenters. The van der Waals surface area contributed by atoms with Crippen LogP contribution in [0.2, 0.25) is 0 Å². The first-order chi connectivity index (χ1) is 16.5. The highest BCUT2D eigenvalue weighted by Gasteiger charge is 2.18. The van der Waals surface area contributed by atoms with E-state index >= 15 is 0 Å². The number of fused-ring (bicyclic) bond motifs is 2. The predicted octanol–water partition coefficient (Wildman–Crippen LogP) is 2.80. The van der Waals surface area contributed by atoms with Gasteiger partial charge in [0.2, 0.25) is 11.8 Å². The fraction of sp³-hybridized carbons (Fsp3) is 0.217. The number of carbonyl (C=O) groups excluding carboxylic acids is 2. The zero-order chi connectivity index (χ0) is 23.7. The zero-order valence-corrected chi connectivity index (χ0v) is 19.3. The highest BCUT2D eigenvalue weighted by Crippen LogP contribution is 2.34. The average molecular weight is 480 g/mol. The van der Waals surface area contributed by atoms with Gasteiger partial charge in [-0.3, -0.25) is 9.59 Å².